The molecular weight excluding hydrogens is 394 g/mol. The number of hydrogen-bond donors (Lipinski definition) is 1. The van der Waals surface area contributed by atoms with Crippen molar-refractivity contribution in [3.8, 4) is 0 Å². The molecule has 1 aromatic rings. The highest BCUT2D eigenvalue weighted by Gasteiger charge is 2.26. The molecule has 0 bridgehead atoms. The third-order valence-electron chi connectivity index (χ3n) is 2.04. The first-order valence-electron chi connectivity index (χ1n) is 4.99. The van der Waals surface area contributed by atoms with Crippen LogP contribution in [0.25, 0.3) is 0 Å². The van der Waals surface area contributed by atoms with Crippen molar-refractivity contribution in [3.63, 3.8) is 0 Å². The topological polar surface area (TPSA) is 57.6 Å². The quantitative estimate of drug-likeness (QED) is 0.789. The second kappa shape index (κ2) is 6.63. The van der Waals surface area contributed by atoms with Gasteiger partial charge in [-0.3, -0.25) is 0 Å². The van der Waals surface area contributed by atoms with Crippen molar-refractivity contribution in [2.75, 3.05) is 19.7 Å². The molecule has 0 aliphatic rings. The van der Waals surface area contributed by atoms with E-state index in [1.54, 1.807) is 6.07 Å². The average Bonchev–Trinajstić information content (AvgIpc) is 2.59. The van der Waals surface area contributed by atoms with Crippen LogP contribution in [0.4, 0.5) is 0 Å². The van der Waals surface area contributed by atoms with Crippen molar-refractivity contribution in [1.29, 1.82) is 0 Å². The van der Waals surface area contributed by atoms with Crippen molar-refractivity contribution >= 4 is 53.2 Å². The number of hydrogen-bond acceptors (Lipinski definition) is 4. The molecular formula is C9H13Br2NO3S2. The van der Waals surface area contributed by atoms with Crippen LogP contribution in [0.1, 0.15) is 13.3 Å². The van der Waals surface area contributed by atoms with Crippen LogP contribution in [0, 0.1) is 0 Å². The van der Waals surface area contributed by atoms with Crippen LogP contribution in [0.15, 0.2) is 18.5 Å². The molecule has 0 amide bonds. The molecule has 0 aliphatic heterocycles. The van der Waals surface area contributed by atoms with Crippen LogP contribution in [0.2, 0.25) is 0 Å². The summed E-state index contributed by atoms with van der Waals surface area (Å²) in [5.74, 6) is 0. The minimum Gasteiger partial charge on any atom is -0.395 e. The van der Waals surface area contributed by atoms with Crippen LogP contribution >= 0.6 is 43.2 Å². The summed E-state index contributed by atoms with van der Waals surface area (Å²) in [6.45, 7) is 2.27. The number of aliphatic hydroxyl groups is 1. The second-order valence-electron chi connectivity index (χ2n) is 3.31. The van der Waals surface area contributed by atoms with E-state index >= 15 is 0 Å². The van der Waals surface area contributed by atoms with Crippen molar-refractivity contribution in [1.82, 2.24) is 4.31 Å². The second-order valence-corrected chi connectivity index (χ2v) is 8.70. The minimum absolute atomic E-state index is 0.128. The molecule has 0 unspecified atom stereocenters. The van der Waals surface area contributed by atoms with E-state index in [2.05, 4.69) is 31.9 Å². The number of thiophene rings is 1. The molecule has 0 aromatic carbocycles. The average molecular weight is 407 g/mol. The third-order valence-corrected chi connectivity index (χ3v) is 7.64. The summed E-state index contributed by atoms with van der Waals surface area (Å²) >= 11 is 7.70. The lowest BCUT2D eigenvalue weighted by Crippen LogP contribution is -2.33. The first-order valence-corrected chi connectivity index (χ1v) is 8.83. The Balaban J connectivity index is 3.06. The van der Waals surface area contributed by atoms with Gasteiger partial charge in [-0.15, -0.1) is 11.3 Å². The van der Waals surface area contributed by atoms with Gasteiger partial charge in [-0.25, -0.2) is 8.42 Å². The predicted molar refractivity (Wildman–Crippen MR) is 75.9 cm³/mol. The Morgan fingerprint density at radius 3 is 2.47 bits per heavy atom. The molecule has 0 fully saturated rings. The fourth-order valence-electron chi connectivity index (χ4n) is 1.29. The maximum Gasteiger partial charge on any atom is 0.252 e. The maximum atomic E-state index is 12.3. The zero-order chi connectivity index (χ0) is 13.1. The summed E-state index contributed by atoms with van der Waals surface area (Å²) in [4.78, 5) is 0. The number of nitrogens with zero attached hydrogens (tertiary/aromatic N) is 1. The van der Waals surface area contributed by atoms with Gasteiger partial charge in [0.1, 0.15) is 4.21 Å². The lowest BCUT2D eigenvalue weighted by Gasteiger charge is -2.19. The monoisotopic (exact) mass is 405 g/mol. The molecule has 8 heteroatoms. The van der Waals surface area contributed by atoms with E-state index < -0.39 is 10.0 Å². The number of rotatable bonds is 6. The van der Waals surface area contributed by atoms with Crippen molar-refractivity contribution in [2.24, 2.45) is 0 Å². The van der Waals surface area contributed by atoms with E-state index in [1.807, 2.05) is 6.92 Å². The molecule has 1 rings (SSSR count). The van der Waals surface area contributed by atoms with Crippen LogP contribution in [-0.2, 0) is 10.0 Å². The van der Waals surface area contributed by atoms with E-state index in [4.69, 9.17) is 5.11 Å². The SMILES string of the molecule is CCCN(CCO)S(=O)(=O)c1cc(Br)c(Br)s1. The fourth-order valence-corrected chi connectivity index (χ4v) is 5.79. The van der Waals surface area contributed by atoms with E-state index in [-0.39, 0.29) is 17.4 Å². The Morgan fingerprint density at radius 2 is 2.06 bits per heavy atom. The van der Waals surface area contributed by atoms with Crippen molar-refractivity contribution < 1.29 is 13.5 Å². The maximum absolute atomic E-state index is 12.3. The van der Waals surface area contributed by atoms with Crippen LogP contribution in [0.5, 0.6) is 0 Å². The van der Waals surface area contributed by atoms with Gasteiger partial charge in [0.2, 0.25) is 0 Å². The Hall–Kier alpha value is 0.530. The van der Waals surface area contributed by atoms with Gasteiger partial charge >= 0.3 is 0 Å². The highest BCUT2D eigenvalue weighted by Crippen LogP contribution is 2.36. The summed E-state index contributed by atoms with van der Waals surface area (Å²) in [5.41, 5.74) is 0. The zero-order valence-corrected chi connectivity index (χ0v) is 14.0. The van der Waals surface area contributed by atoms with Crippen molar-refractivity contribution in [3.05, 3.63) is 14.3 Å². The molecule has 0 spiro atoms. The van der Waals surface area contributed by atoms with Gasteiger partial charge in [0.25, 0.3) is 10.0 Å². The molecule has 1 aromatic heterocycles. The van der Waals surface area contributed by atoms with Crippen molar-refractivity contribution in [2.45, 2.75) is 17.6 Å². The summed E-state index contributed by atoms with van der Waals surface area (Å²) in [6.07, 6.45) is 0.715. The molecule has 0 aliphatic carbocycles. The first kappa shape index (κ1) is 15.6. The van der Waals surface area contributed by atoms with Gasteiger partial charge in [-0.2, -0.15) is 4.31 Å². The van der Waals surface area contributed by atoms with Gasteiger partial charge in [0, 0.05) is 17.6 Å². The van der Waals surface area contributed by atoms with E-state index in [0.29, 0.717) is 13.0 Å². The molecule has 98 valence electrons. The van der Waals surface area contributed by atoms with E-state index in [0.717, 1.165) is 19.6 Å². The number of aliphatic hydroxyl groups excluding tert-OH is 1. The van der Waals surface area contributed by atoms with Crippen LogP contribution in [-0.4, -0.2) is 37.5 Å². The highest BCUT2D eigenvalue weighted by molar-refractivity contribution is 9.13. The van der Waals surface area contributed by atoms with Gasteiger partial charge in [-0.05, 0) is 44.3 Å². The molecule has 0 saturated carbocycles. The molecule has 1 N–H and O–H groups in total. The summed E-state index contributed by atoms with van der Waals surface area (Å²) in [5, 5.41) is 8.91. The first-order chi connectivity index (χ1) is 7.93. The molecule has 0 atom stereocenters. The molecule has 1 heterocycles. The zero-order valence-electron chi connectivity index (χ0n) is 9.19. The molecule has 0 saturated heterocycles. The summed E-state index contributed by atoms with van der Waals surface area (Å²) in [7, 11) is -3.50. The lowest BCUT2D eigenvalue weighted by molar-refractivity contribution is 0.254. The van der Waals surface area contributed by atoms with Gasteiger partial charge < -0.3 is 5.11 Å². The third kappa shape index (κ3) is 3.74. The van der Waals surface area contributed by atoms with Gasteiger partial charge in [-0.1, -0.05) is 6.92 Å². The molecule has 4 nitrogen and oxygen atoms in total. The fraction of sp³-hybridized carbons (Fsp3) is 0.556. The number of sulfonamides is 1. The van der Waals surface area contributed by atoms with Crippen LogP contribution in [0.3, 0.4) is 0 Å². The largest absolute Gasteiger partial charge is 0.395 e. The van der Waals surface area contributed by atoms with E-state index in [1.165, 1.54) is 4.31 Å². The van der Waals surface area contributed by atoms with E-state index in [9.17, 15) is 8.42 Å². The Bertz CT molecular complexity index is 447. The Kier molecular flexibility index (Phi) is 6.07. The molecule has 17 heavy (non-hydrogen) atoms. The summed E-state index contributed by atoms with van der Waals surface area (Å²) in [6, 6.07) is 1.57. The van der Waals surface area contributed by atoms with Gasteiger partial charge in [0.05, 0.1) is 10.4 Å². The van der Waals surface area contributed by atoms with Gasteiger partial charge in [0.15, 0.2) is 0 Å². The Labute approximate surface area is 122 Å². The Morgan fingerprint density at radius 1 is 1.41 bits per heavy atom. The minimum atomic E-state index is -3.50. The predicted octanol–water partition coefficient (Wildman–Crippen LogP) is 2.67. The summed E-state index contributed by atoms with van der Waals surface area (Å²) < 4.78 is 27.6. The molecule has 0 radical (unpaired) electrons. The smallest absolute Gasteiger partial charge is 0.252 e. The van der Waals surface area contributed by atoms with Crippen LogP contribution < -0.4 is 0 Å². The standard InChI is InChI=1S/C9H13Br2NO3S2/c1-2-3-12(4-5-13)17(14,15)8-6-7(10)9(11)16-8/h6,13H,2-5H2,1H3. The normalized spacial score (nSPS) is 12.3. The highest BCUT2D eigenvalue weighted by atomic mass is 79.9. The number of halogens is 2. The lowest BCUT2D eigenvalue weighted by atomic mass is 10.5.